The summed E-state index contributed by atoms with van der Waals surface area (Å²) in [5.74, 6) is -0.268. The molecule has 0 aliphatic carbocycles. The molecule has 2 aromatic rings. The van der Waals surface area contributed by atoms with Crippen molar-refractivity contribution in [2.24, 2.45) is 5.92 Å². The Bertz CT molecular complexity index is 909. The molecule has 0 bridgehead atoms. The lowest BCUT2D eigenvalue weighted by molar-refractivity contribution is 0.0925. The molecular formula is C20H25ClN2O3S. The van der Waals surface area contributed by atoms with Crippen LogP contribution in [-0.4, -0.2) is 21.4 Å². The molecule has 1 unspecified atom stereocenters. The van der Waals surface area contributed by atoms with Crippen LogP contribution in [0.3, 0.4) is 0 Å². The molecule has 0 saturated carbocycles. The zero-order valence-corrected chi connectivity index (χ0v) is 17.5. The van der Waals surface area contributed by atoms with E-state index in [-0.39, 0.29) is 27.4 Å². The average Bonchev–Trinajstić information content (AvgIpc) is 2.66. The first-order chi connectivity index (χ1) is 12.7. The molecule has 0 spiro atoms. The monoisotopic (exact) mass is 408 g/mol. The molecule has 0 aromatic heterocycles. The lowest BCUT2D eigenvalue weighted by Gasteiger charge is -2.23. The molecule has 0 aliphatic rings. The van der Waals surface area contributed by atoms with Crippen LogP contribution in [0, 0.1) is 5.92 Å². The maximum atomic E-state index is 12.8. The third kappa shape index (κ3) is 5.09. The van der Waals surface area contributed by atoms with Crippen molar-refractivity contribution in [3.63, 3.8) is 0 Å². The van der Waals surface area contributed by atoms with E-state index in [4.69, 9.17) is 11.6 Å². The van der Waals surface area contributed by atoms with E-state index in [9.17, 15) is 13.2 Å². The number of hydrogen-bond donors (Lipinski definition) is 2. The maximum Gasteiger partial charge on any atom is 0.253 e. The van der Waals surface area contributed by atoms with E-state index in [0.29, 0.717) is 0 Å². The van der Waals surface area contributed by atoms with Crippen molar-refractivity contribution in [1.82, 2.24) is 10.0 Å². The molecule has 0 heterocycles. The maximum absolute atomic E-state index is 12.8. The normalized spacial score (nSPS) is 12.8. The van der Waals surface area contributed by atoms with Gasteiger partial charge >= 0.3 is 0 Å². The van der Waals surface area contributed by atoms with Crippen LogP contribution in [0.4, 0.5) is 0 Å². The number of carbonyl (C=O) groups is 1. The molecule has 2 aromatic carbocycles. The minimum atomic E-state index is -3.66. The van der Waals surface area contributed by atoms with E-state index >= 15 is 0 Å². The van der Waals surface area contributed by atoms with Gasteiger partial charge in [0.15, 0.2) is 0 Å². The first kappa shape index (κ1) is 21.4. The van der Waals surface area contributed by atoms with Crippen molar-refractivity contribution >= 4 is 27.5 Å². The second kappa shape index (κ2) is 8.87. The van der Waals surface area contributed by atoms with Gasteiger partial charge in [-0.2, -0.15) is 0 Å². The highest BCUT2D eigenvalue weighted by molar-refractivity contribution is 7.89. The van der Waals surface area contributed by atoms with E-state index in [2.05, 4.69) is 17.0 Å². The summed E-state index contributed by atoms with van der Waals surface area (Å²) in [5.41, 5.74) is 2.34. The first-order valence-electron chi connectivity index (χ1n) is 8.82. The number of benzene rings is 2. The molecule has 1 atom stereocenters. The number of nitrogens with one attached hydrogen (secondary N) is 2. The van der Waals surface area contributed by atoms with Crippen LogP contribution in [0.1, 0.15) is 48.3 Å². The summed E-state index contributed by atoms with van der Waals surface area (Å²) in [6.07, 6.45) is 0.946. The van der Waals surface area contributed by atoms with Crippen LogP contribution < -0.4 is 10.0 Å². The van der Waals surface area contributed by atoms with Gasteiger partial charge in [0.05, 0.1) is 21.5 Å². The molecule has 7 heteroatoms. The van der Waals surface area contributed by atoms with Gasteiger partial charge in [0.2, 0.25) is 10.0 Å². The van der Waals surface area contributed by atoms with Gasteiger partial charge < -0.3 is 5.32 Å². The van der Waals surface area contributed by atoms with E-state index in [1.165, 1.54) is 30.8 Å². The molecule has 2 rings (SSSR count). The summed E-state index contributed by atoms with van der Waals surface area (Å²) in [6.45, 7) is 6.12. The zero-order valence-electron chi connectivity index (χ0n) is 15.9. The second-order valence-corrected chi connectivity index (χ2v) is 8.93. The predicted octanol–water partition coefficient (Wildman–Crippen LogP) is 3.94. The minimum absolute atomic E-state index is 0.00653. The number of halogens is 1. The van der Waals surface area contributed by atoms with Gasteiger partial charge in [0, 0.05) is 0 Å². The summed E-state index contributed by atoms with van der Waals surface area (Å²) in [4.78, 5) is 12.8. The van der Waals surface area contributed by atoms with Gasteiger partial charge in [-0.1, -0.05) is 56.6 Å². The number of carbonyl (C=O) groups excluding carboxylic acids is 1. The number of aryl methyl sites for hydroxylation is 1. The molecule has 0 radical (unpaired) electrons. The zero-order chi connectivity index (χ0) is 20.2. The van der Waals surface area contributed by atoms with Crippen LogP contribution in [-0.2, 0) is 16.4 Å². The molecule has 2 N–H and O–H groups in total. The predicted molar refractivity (Wildman–Crippen MR) is 109 cm³/mol. The third-order valence-corrected chi connectivity index (χ3v) is 6.20. The topological polar surface area (TPSA) is 75.3 Å². The van der Waals surface area contributed by atoms with Crippen molar-refractivity contribution in [1.29, 1.82) is 0 Å². The fourth-order valence-electron chi connectivity index (χ4n) is 2.78. The summed E-state index contributed by atoms with van der Waals surface area (Å²) in [5, 5.41) is 3.19. The Kier molecular flexibility index (Phi) is 7.03. The van der Waals surface area contributed by atoms with E-state index in [0.717, 1.165) is 12.0 Å². The van der Waals surface area contributed by atoms with Gasteiger partial charge in [0.1, 0.15) is 0 Å². The first-order valence-corrected chi connectivity index (χ1v) is 10.7. The van der Waals surface area contributed by atoms with Crippen molar-refractivity contribution in [3.8, 4) is 0 Å². The lowest BCUT2D eigenvalue weighted by Crippen LogP contribution is -2.32. The van der Waals surface area contributed by atoms with E-state index in [1.807, 2.05) is 38.1 Å². The number of rotatable bonds is 7. The Labute approximate surface area is 166 Å². The molecule has 5 nitrogen and oxygen atoms in total. The standard InChI is InChI=1S/C20H25ClN2O3S/c1-5-14-6-8-15(9-7-14)19(13(2)3)23-20(24)17-12-16(10-11-18(17)21)27(25,26)22-4/h6-13,19,22H,5H2,1-4H3,(H,23,24). The van der Waals surface area contributed by atoms with Crippen LogP contribution in [0.15, 0.2) is 47.4 Å². The molecule has 0 aliphatic heterocycles. The fraction of sp³-hybridized carbons (Fsp3) is 0.350. The average molecular weight is 409 g/mol. The Balaban J connectivity index is 2.34. The fourth-order valence-corrected chi connectivity index (χ4v) is 3.74. The third-order valence-electron chi connectivity index (χ3n) is 4.46. The summed E-state index contributed by atoms with van der Waals surface area (Å²) in [7, 11) is -2.35. The quantitative estimate of drug-likeness (QED) is 0.728. The lowest BCUT2D eigenvalue weighted by atomic mass is 9.94. The van der Waals surface area contributed by atoms with Gasteiger partial charge in [-0.3, -0.25) is 4.79 Å². The molecule has 27 heavy (non-hydrogen) atoms. The number of sulfonamides is 1. The Morgan fingerprint density at radius 2 is 1.74 bits per heavy atom. The van der Waals surface area contributed by atoms with Crippen molar-refractivity contribution in [2.75, 3.05) is 7.05 Å². The minimum Gasteiger partial charge on any atom is -0.345 e. The number of hydrogen-bond acceptors (Lipinski definition) is 3. The number of amides is 1. The molecule has 0 saturated heterocycles. The Hall–Kier alpha value is -1.89. The molecule has 146 valence electrons. The van der Waals surface area contributed by atoms with Crippen LogP contribution in [0.25, 0.3) is 0 Å². The van der Waals surface area contributed by atoms with Crippen LogP contribution >= 0.6 is 11.6 Å². The van der Waals surface area contributed by atoms with Crippen molar-refractivity contribution < 1.29 is 13.2 Å². The molecule has 1 amide bonds. The smallest absolute Gasteiger partial charge is 0.253 e. The van der Waals surface area contributed by atoms with Gasteiger partial charge in [0.25, 0.3) is 5.91 Å². The highest BCUT2D eigenvalue weighted by Crippen LogP contribution is 2.25. The molecular weight excluding hydrogens is 384 g/mol. The van der Waals surface area contributed by atoms with Crippen molar-refractivity contribution in [3.05, 3.63) is 64.2 Å². The Morgan fingerprint density at radius 1 is 1.11 bits per heavy atom. The van der Waals surface area contributed by atoms with Gasteiger partial charge in [-0.15, -0.1) is 0 Å². The van der Waals surface area contributed by atoms with Crippen LogP contribution in [0.5, 0.6) is 0 Å². The largest absolute Gasteiger partial charge is 0.345 e. The summed E-state index contributed by atoms with van der Waals surface area (Å²) < 4.78 is 26.3. The van der Waals surface area contributed by atoms with Crippen LogP contribution in [0.2, 0.25) is 5.02 Å². The Morgan fingerprint density at radius 3 is 2.26 bits per heavy atom. The summed E-state index contributed by atoms with van der Waals surface area (Å²) >= 11 is 6.16. The van der Waals surface area contributed by atoms with Gasteiger partial charge in [-0.05, 0) is 48.7 Å². The second-order valence-electron chi connectivity index (χ2n) is 6.64. The summed E-state index contributed by atoms with van der Waals surface area (Å²) in [6, 6.07) is 12.0. The van der Waals surface area contributed by atoms with E-state index in [1.54, 1.807) is 0 Å². The highest BCUT2D eigenvalue weighted by atomic mass is 35.5. The molecule has 0 fully saturated rings. The SMILES string of the molecule is CCc1ccc(C(NC(=O)c2cc(S(=O)(=O)NC)ccc2Cl)C(C)C)cc1. The highest BCUT2D eigenvalue weighted by Gasteiger charge is 2.22. The van der Waals surface area contributed by atoms with Crippen molar-refractivity contribution in [2.45, 2.75) is 38.1 Å². The van der Waals surface area contributed by atoms with Gasteiger partial charge in [-0.25, -0.2) is 13.1 Å². The van der Waals surface area contributed by atoms with E-state index < -0.39 is 15.9 Å².